The molecule has 6 aliphatic rings. The molecule has 9 heteroatoms. The second-order valence-corrected chi connectivity index (χ2v) is 9.26. The number of likely N-dealkylation sites (N-methyl/N-ethyl adjacent to an activating group) is 1. The van der Waals surface area contributed by atoms with Crippen LogP contribution in [0.25, 0.3) is 0 Å². The number of fused-ring (bicyclic) bond motifs is 5. The van der Waals surface area contributed by atoms with Crippen LogP contribution in [0.1, 0.15) is 13.3 Å². The predicted octanol–water partition coefficient (Wildman–Crippen LogP) is -1.54. The number of carbonyl (C=O) groups is 2. The average molecular weight is 417 g/mol. The number of nitrogens with zero attached hydrogens (tertiary/aromatic N) is 3. The third-order valence-corrected chi connectivity index (χ3v) is 8.33. The number of hydrogen-bond donors (Lipinski definition) is 2. The number of allylic oxidation sites excluding steroid dienone is 2. The van der Waals surface area contributed by atoms with Crippen molar-refractivity contribution in [2.45, 2.75) is 56.0 Å². The van der Waals surface area contributed by atoms with E-state index in [9.17, 15) is 19.8 Å². The van der Waals surface area contributed by atoms with Gasteiger partial charge in [-0.2, -0.15) is 0 Å². The highest BCUT2D eigenvalue weighted by Crippen LogP contribution is 2.54. The van der Waals surface area contributed by atoms with Gasteiger partial charge in [-0.25, -0.2) is 0 Å². The van der Waals surface area contributed by atoms with E-state index in [1.807, 2.05) is 11.9 Å². The number of Topliss-reactive ketones (excluding diaryl/α,β-unsaturated/α-hetero) is 2. The van der Waals surface area contributed by atoms with Crippen molar-refractivity contribution in [3.63, 3.8) is 0 Å². The number of piperidine rings is 1. The highest BCUT2D eigenvalue weighted by molar-refractivity contribution is 6.25. The van der Waals surface area contributed by atoms with Gasteiger partial charge in [-0.1, -0.05) is 0 Å². The Morgan fingerprint density at radius 2 is 1.97 bits per heavy atom. The van der Waals surface area contributed by atoms with Crippen molar-refractivity contribution in [1.29, 1.82) is 0 Å². The van der Waals surface area contributed by atoms with Crippen LogP contribution in [0.15, 0.2) is 22.5 Å². The molecule has 0 amide bonds. The first kappa shape index (κ1) is 19.1. The normalized spacial score (nSPS) is 45.9. The van der Waals surface area contributed by atoms with Gasteiger partial charge in [-0.15, -0.1) is 0 Å². The van der Waals surface area contributed by atoms with Crippen molar-refractivity contribution in [3.8, 4) is 0 Å². The number of ketones is 2. The number of aliphatic hydroxyl groups excluding tert-OH is 2. The Morgan fingerprint density at radius 3 is 2.67 bits per heavy atom. The molecule has 162 valence electrons. The third kappa shape index (κ3) is 1.99. The molecule has 2 bridgehead atoms. The molecule has 8 atom stereocenters. The quantitative estimate of drug-likeness (QED) is 0.518. The number of rotatable bonds is 2. The maximum atomic E-state index is 13.6. The molecule has 4 fully saturated rings. The van der Waals surface area contributed by atoms with Crippen molar-refractivity contribution >= 4 is 11.6 Å². The minimum absolute atomic E-state index is 0.0325. The standard InChI is InChI=1S/C21H27N3O6/c1-8-17(26)13-12(18(27)19(8)29-3)11(7-25)24-16-14-9(6-10(20(24)28)22(14)2)21-23(15(13)16)4-5-30-21/h9-11,14-16,20-21,25,28H,4-7H2,1-3H3/t9?,10?,11-,14?,15+,16+,20-,21+/m0/s1. The molecule has 1 aliphatic carbocycles. The van der Waals surface area contributed by atoms with Gasteiger partial charge in [0, 0.05) is 47.3 Å². The van der Waals surface area contributed by atoms with Crippen molar-refractivity contribution in [2.24, 2.45) is 5.92 Å². The molecule has 0 spiro atoms. The first-order chi connectivity index (χ1) is 14.4. The average Bonchev–Trinajstić information content (AvgIpc) is 3.32. The number of methoxy groups -OCH3 is 1. The smallest absolute Gasteiger partial charge is 0.226 e. The molecule has 0 saturated carbocycles. The molecule has 0 radical (unpaired) electrons. The summed E-state index contributed by atoms with van der Waals surface area (Å²) in [6, 6.07) is -1.31. The van der Waals surface area contributed by atoms with Crippen LogP contribution < -0.4 is 0 Å². The summed E-state index contributed by atoms with van der Waals surface area (Å²) in [6.07, 6.45) is -0.184. The molecule has 0 aromatic carbocycles. The molecule has 0 aromatic rings. The van der Waals surface area contributed by atoms with Gasteiger partial charge in [-0.05, 0) is 20.4 Å². The van der Waals surface area contributed by atoms with Crippen LogP contribution in [0.5, 0.6) is 0 Å². The minimum atomic E-state index is -0.837. The Morgan fingerprint density at radius 1 is 1.20 bits per heavy atom. The first-order valence-corrected chi connectivity index (χ1v) is 10.7. The monoisotopic (exact) mass is 417 g/mol. The zero-order chi connectivity index (χ0) is 21.1. The highest BCUT2D eigenvalue weighted by atomic mass is 16.5. The Labute approximate surface area is 174 Å². The predicted molar refractivity (Wildman–Crippen MR) is 103 cm³/mol. The fourth-order valence-electron chi connectivity index (χ4n) is 7.26. The van der Waals surface area contributed by atoms with Crippen LogP contribution in [0.2, 0.25) is 0 Å². The maximum Gasteiger partial charge on any atom is 0.226 e. The summed E-state index contributed by atoms with van der Waals surface area (Å²) in [5.41, 5.74) is 1.04. The molecule has 2 N–H and O–H groups in total. The van der Waals surface area contributed by atoms with E-state index >= 15 is 0 Å². The van der Waals surface area contributed by atoms with Crippen molar-refractivity contribution in [2.75, 3.05) is 33.9 Å². The number of aliphatic hydroxyl groups is 2. The number of hydrogen-bond acceptors (Lipinski definition) is 9. The lowest BCUT2D eigenvalue weighted by atomic mass is 9.69. The van der Waals surface area contributed by atoms with Gasteiger partial charge < -0.3 is 19.7 Å². The Hall–Kier alpha value is -1.62. The molecule has 5 aliphatic heterocycles. The lowest BCUT2D eigenvalue weighted by Gasteiger charge is -2.61. The van der Waals surface area contributed by atoms with Crippen LogP contribution in [-0.2, 0) is 19.1 Å². The summed E-state index contributed by atoms with van der Waals surface area (Å²) in [6.45, 7) is 2.54. The van der Waals surface area contributed by atoms with Crippen LogP contribution in [0, 0.1) is 5.92 Å². The zero-order valence-corrected chi connectivity index (χ0v) is 17.3. The summed E-state index contributed by atoms with van der Waals surface area (Å²) in [5, 5.41) is 21.7. The third-order valence-electron chi connectivity index (χ3n) is 8.33. The van der Waals surface area contributed by atoms with Gasteiger partial charge in [0.1, 0.15) is 12.5 Å². The molecular formula is C21H27N3O6. The van der Waals surface area contributed by atoms with Crippen LogP contribution in [0.3, 0.4) is 0 Å². The Bertz CT molecular complexity index is 914. The fraction of sp³-hybridized carbons (Fsp3) is 0.714. The molecule has 4 saturated heterocycles. The summed E-state index contributed by atoms with van der Waals surface area (Å²) in [5.74, 6) is -0.319. The maximum absolute atomic E-state index is 13.6. The second kappa shape index (κ2) is 6.21. The zero-order valence-electron chi connectivity index (χ0n) is 17.3. The van der Waals surface area contributed by atoms with Crippen molar-refractivity contribution in [1.82, 2.24) is 14.7 Å². The highest BCUT2D eigenvalue weighted by Gasteiger charge is 2.68. The largest absolute Gasteiger partial charge is 0.492 e. The lowest BCUT2D eigenvalue weighted by Crippen LogP contribution is -2.78. The molecule has 6 rings (SSSR count). The van der Waals surface area contributed by atoms with E-state index in [4.69, 9.17) is 9.47 Å². The molecule has 30 heavy (non-hydrogen) atoms. The lowest BCUT2D eigenvalue weighted by molar-refractivity contribution is -0.187. The topological polar surface area (TPSA) is 103 Å². The van der Waals surface area contributed by atoms with E-state index in [0.29, 0.717) is 24.3 Å². The van der Waals surface area contributed by atoms with Crippen molar-refractivity contribution < 1.29 is 29.3 Å². The van der Waals surface area contributed by atoms with Gasteiger partial charge in [0.2, 0.25) is 5.78 Å². The van der Waals surface area contributed by atoms with E-state index < -0.39 is 12.3 Å². The van der Waals surface area contributed by atoms with E-state index in [1.54, 1.807) is 6.92 Å². The van der Waals surface area contributed by atoms with Crippen LogP contribution >= 0.6 is 0 Å². The van der Waals surface area contributed by atoms with E-state index in [0.717, 1.165) is 6.42 Å². The van der Waals surface area contributed by atoms with Crippen molar-refractivity contribution in [3.05, 3.63) is 22.5 Å². The first-order valence-electron chi connectivity index (χ1n) is 10.7. The molecule has 9 nitrogen and oxygen atoms in total. The van der Waals surface area contributed by atoms with Gasteiger partial charge in [0.25, 0.3) is 0 Å². The summed E-state index contributed by atoms with van der Waals surface area (Å²) < 4.78 is 11.4. The van der Waals surface area contributed by atoms with E-state index in [1.165, 1.54) is 7.11 Å². The van der Waals surface area contributed by atoms with Crippen LogP contribution in [0.4, 0.5) is 0 Å². The molecular weight excluding hydrogens is 390 g/mol. The second-order valence-electron chi connectivity index (χ2n) is 9.26. The Kier molecular flexibility index (Phi) is 3.95. The minimum Gasteiger partial charge on any atom is -0.492 e. The van der Waals surface area contributed by atoms with E-state index in [2.05, 4.69) is 9.80 Å². The van der Waals surface area contributed by atoms with Gasteiger partial charge in [0.05, 0.1) is 32.4 Å². The summed E-state index contributed by atoms with van der Waals surface area (Å²) in [7, 11) is 3.41. The van der Waals surface area contributed by atoms with Crippen LogP contribution in [-0.4, -0.2) is 113 Å². The summed E-state index contributed by atoms with van der Waals surface area (Å²) >= 11 is 0. The van der Waals surface area contributed by atoms with E-state index in [-0.39, 0.29) is 65.8 Å². The van der Waals surface area contributed by atoms with Gasteiger partial charge >= 0.3 is 0 Å². The molecule has 3 unspecified atom stereocenters. The van der Waals surface area contributed by atoms with Gasteiger partial charge in [-0.3, -0.25) is 24.3 Å². The molecule has 5 heterocycles. The fourth-order valence-corrected chi connectivity index (χ4v) is 7.26. The summed E-state index contributed by atoms with van der Waals surface area (Å²) in [4.78, 5) is 33.3. The number of carbonyl (C=O) groups excluding carboxylic acids is 2. The Balaban J connectivity index is 1.61. The SMILES string of the molecule is COC1=C(C)C(=O)C2=C(C1=O)[C@H](CO)N1[C@@H]3C4C(CC([C@@H]1O)N4C)[C@H]1OCCN1[C@H]23. The van der Waals surface area contributed by atoms with Gasteiger partial charge in [0.15, 0.2) is 11.5 Å². The molecule has 0 aromatic heterocycles. The number of ether oxygens (including phenoxy) is 2. The number of piperazine rings is 1.